The zero-order valence-corrected chi connectivity index (χ0v) is 11.7. The van der Waals surface area contributed by atoms with Gasteiger partial charge in [0.05, 0.1) is 4.91 Å². The second kappa shape index (κ2) is 5.98. The van der Waals surface area contributed by atoms with Crippen LogP contribution in [0.25, 0.3) is 6.08 Å². The molecule has 1 fully saturated rings. The molecule has 102 valence electrons. The highest BCUT2D eigenvalue weighted by atomic mass is 32.2. The summed E-state index contributed by atoms with van der Waals surface area (Å²) in [5.74, 6) is -1.53. The van der Waals surface area contributed by atoms with Crippen molar-refractivity contribution in [1.29, 1.82) is 0 Å². The molecule has 5 nitrogen and oxygen atoms in total. The molecule has 0 spiro atoms. The molecule has 2 rings (SSSR count). The predicted octanol–water partition coefficient (Wildman–Crippen LogP) is 1.78. The van der Waals surface area contributed by atoms with Crippen LogP contribution >= 0.6 is 24.0 Å². The zero-order valence-electron chi connectivity index (χ0n) is 10.1. The minimum atomic E-state index is -1.11. The number of thiocarbonyl (C=S) groups is 1. The van der Waals surface area contributed by atoms with Crippen LogP contribution in [-0.2, 0) is 9.59 Å². The molecule has 0 bridgehead atoms. The van der Waals surface area contributed by atoms with Crippen LogP contribution in [0, 0.1) is 0 Å². The number of amides is 1. The number of aliphatic carboxylic acids is 1. The smallest absolute Gasteiger partial charge is 0.323 e. The fourth-order valence-electron chi connectivity index (χ4n) is 1.59. The highest BCUT2D eigenvalue weighted by Crippen LogP contribution is 2.32. The summed E-state index contributed by atoms with van der Waals surface area (Å²) in [5.41, 5.74) is 1.28. The highest BCUT2D eigenvalue weighted by Gasteiger charge is 2.33. The number of carbonyl (C=O) groups excluding carboxylic acids is 2. The van der Waals surface area contributed by atoms with Crippen molar-refractivity contribution in [3.8, 4) is 0 Å². The highest BCUT2D eigenvalue weighted by molar-refractivity contribution is 8.26. The summed E-state index contributed by atoms with van der Waals surface area (Å²) in [6.07, 6.45) is 2.35. The molecule has 0 aliphatic carbocycles. The van der Waals surface area contributed by atoms with E-state index in [2.05, 4.69) is 0 Å². The molecule has 1 heterocycles. The summed E-state index contributed by atoms with van der Waals surface area (Å²) in [7, 11) is 0. The molecule has 1 N–H and O–H groups in total. The third kappa shape index (κ3) is 3.12. The first-order valence-electron chi connectivity index (χ1n) is 5.53. The number of benzene rings is 1. The molecule has 0 radical (unpaired) electrons. The predicted molar refractivity (Wildman–Crippen MR) is 79.3 cm³/mol. The van der Waals surface area contributed by atoms with Crippen LogP contribution in [0.4, 0.5) is 0 Å². The molecule has 0 aromatic heterocycles. The number of carboxylic acids is 1. The van der Waals surface area contributed by atoms with Gasteiger partial charge in [0.1, 0.15) is 17.2 Å². The number of rotatable bonds is 4. The van der Waals surface area contributed by atoms with Crippen molar-refractivity contribution >= 4 is 52.5 Å². The van der Waals surface area contributed by atoms with Gasteiger partial charge in [-0.3, -0.25) is 19.3 Å². The molecule has 0 unspecified atom stereocenters. The first-order valence-corrected chi connectivity index (χ1v) is 6.76. The van der Waals surface area contributed by atoms with Crippen molar-refractivity contribution in [3.05, 3.63) is 40.3 Å². The van der Waals surface area contributed by atoms with E-state index in [-0.39, 0.29) is 4.32 Å². The summed E-state index contributed by atoms with van der Waals surface area (Å²) >= 11 is 6.05. The van der Waals surface area contributed by atoms with Crippen LogP contribution in [0.3, 0.4) is 0 Å². The second-order valence-electron chi connectivity index (χ2n) is 3.95. The van der Waals surface area contributed by atoms with E-state index in [0.29, 0.717) is 10.5 Å². The van der Waals surface area contributed by atoms with Gasteiger partial charge < -0.3 is 5.11 Å². The molecule has 0 atom stereocenters. The molecule has 1 saturated heterocycles. The summed E-state index contributed by atoms with van der Waals surface area (Å²) in [4.78, 5) is 34.6. The van der Waals surface area contributed by atoms with Crippen molar-refractivity contribution in [3.63, 3.8) is 0 Å². The Kier molecular flexibility index (Phi) is 4.31. The lowest BCUT2D eigenvalue weighted by Gasteiger charge is -2.10. The third-order valence-corrected chi connectivity index (χ3v) is 3.92. The van der Waals surface area contributed by atoms with Gasteiger partial charge in [0.15, 0.2) is 0 Å². The van der Waals surface area contributed by atoms with E-state index in [1.165, 1.54) is 0 Å². The Hall–Kier alpha value is -1.99. The topological polar surface area (TPSA) is 74.7 Å². The number of hydrogen-bond donors (Lipinski definition) is 1. The van der Waals surface area contributed by atoms with E-state index in [1.807, 2.05) is 0 Å². The van der Waals surface area contributed by atoms with Crippen molar-refractivity contribution in [1.82, 2.24) is 4.90 Å². The van der Waals surface area contributed by atoms with E-state index >= 15 is 0 Å². The van der Waals surface area contributed by atoms with Crippen LogP contribution in [0.2, 0.25) is 0 Å². The first kappa shape index (κ1) is 14.4. The molecule has 1 aromatic rings. The number of aldehydes is 1. The maximum absolute atomic E-state index is 12.0. The van der Waals surface area contributed by atoms with Crippen LogP contribution in [0.15, 0.2) is 29.2 Å². The zero-order chi connectivity index (χ0) is 14.7. The SMILES string of the molecule is O=Cc1ccc(C=C2SC(=S)N(CC(=O)O)C2=O)cc1. The van der Waals surface area contributed by atoms with Gasteiger partial charge in [-0.25, -0.2) is 0 Å². The van der Waals surface area contributed by atoms with Crippen LogP contribution in [0.5, 0.6) is 0 Å². The molecular formula is C13H9NO4S2. The summed E-state index contributed by atoms with van der Waals surface area (Å²) < 4.78 is 0.230. The monoisotopic (exact) mass is 307 g/mol. The first-order chi connectivity index (χ1) is 9.51. The van der Waals surface area contributed by atoms with E-state index in [0.717, 1.165) is 28.5 Å². The molecule has 0 saturated carbocycles. The summed E-state index contributed by atoms with van der Waals surface area (Å²) in [5, 5.41) is 8.73. The van der Waals surface area contributed by atoms with Crippen molar-refractivity contribution in [2.24, 2.45) is 0 Å². The lowest BCUT2D eigenvalue weighted by molar-refractivity contribution is -0.140. The number of hydrogen-bond acceptors (Lipinski definition) is 5. The quantitative estimate of drug-likeness (QED) is 0.519. The van der Waals surface area contributed by atoms with Gasteiger partial charge in [0.2, 0.25) is 0 Å². The Morgan fingerprint density at radius 3 is 2.45 bits per heavy atom. The molecule has 1 aliphatic heterocycles. The number of thioether (sulfide) groups is 1. The maximum atomic E-state index is 12.0. The van der Waals surface area contributed by atoms with Gasteiger partial charge in [0, 0.05) is 5.56 Å². The van der Waals surface area contributed by atoms with E-state index in [1.54, 1.807) is 30.3 Å². The van der Waals surface area contributed by atoms with E-state index < -0.39 is 18.4 Å². The lowest BCUT2D eigenvalue weighted by atomic mass is 10.1. The fraction of sp³-hybridized carbons (Fsp3) is 0.0769. The van der Waals surface area contributed by atoms with Crippen LogP contribution in [0.1, 0.15) is 15.9 Å². The van der Waals surface area contributed by atoms with Gasteiger partial charge in [-0.15, -0.1) is 0 Å². The van der Waals surface area contributed by atoms with Gasteiger partial charge in [-0.2, -0.15) is 0 Å². The number of carbonyl (C=O) groups is 3. The Balaban J connectivity index is 2.22. The average molecular weight is 307 g/mol. The Morgan fingerprint density at radius 1 is 1.30 bits per heavy atom. The standard InChI is InChI=1S/C13H9NO4S2/c15-7-9-3-1-8(2-4-9)5-10-12(18)14(6-11(16)17)13(19)20-10/h1-5,7H,6H2,(H,16,17). The summed E-state index contributed by atoms with van der Waals surface area (Å²) in [6, 6.07) is 6.68. The molecular weight excluding hydrogens is 298 g/mol. The maximum Gasteiger partial charge on any atom is 0.323 e. The summed E-state index contributed by atoms with van der Waals surface area (Å²) in [6.45, 7) is -0.438. The number of nitrogens with zero attached hydrogens (tertiary/aromatic N) is 1. The van der Waals surface area contributed by atoms with Gasteiger partial charge in [-0.05, 0) is 11.6 Å². The van der Waals surface area contributed by atoms with Crippen molar-refractivity contribution in [2.75, 3.05) is 6.54 Å². The Morgan fingerprint density at radius 2 is 1.90 bits per heavy atom. The number of carboxylic acid groups (broad SMARTS) is 1. The third-order valence-electron chi connectivity index (χ3n) is 2.54. The Bertz CT molecular complexity index is 622. The largest absolute Gasteiger partial charge is 0.480 e. The lowest BCUT2D eigenvalue weighted by Crippen LogP contribution is -2.33. The average Bonchev–Trinajstić information content (AvgIpc) is 2.67. The fourth-order valence-corrected chi connectivity index (χ4v) is 2.85. The minimum Gasteiger partial charge on any atom is -0.480 e. The molecule has 1 aromatic carbocycles. The van der Waals surface area contributed by atoms with Gasteiger partial charge >= 0.3 is 5.97 Å². The molecule has 7 heteroatoms. The second-order valence-corrected chi connectivity index (χ2v) is 5.62. The van der Waals surface area contributed by atoms with Crippen LogP contribution in [-0.4, -0.2) is 39.0 Å². The molecule has 20 heavy (non-hydrogen) atoms. The van der Waals surface area contributed by atoms with E-state index in [9.17, 15) is 14.4 Å². The van der Waals surface area contributed by atoms with E-state index in [4.69, 9.17) is 17.3 Å². The van der Waals surface area contributed by atoms with Gasteiger partial charge in [0.25, 0.3) is 5.91 Å². The van der Waals surface area contributed by atoms with Crippen LogP contribution < -0.4 is 0 Å². The normalized spacial score (nSPS) is 16.8. The van der Waals surface area contributed by atoms with Crippen molar-refractivity contribution < 1.29 is 19.5 Å². The van der Waals surface area contributed by atoms with Crippen molar-refractivity contribution in [2.45, 2.75) is 0 Å². The van der Waals surface area contributed by atoms with Gasteiger partial charge in [-0.1, -0.05) is 48.2 Å². The Labute approximate surface area is 124 Å². The minimum absolute atomic E-state index is 0.230. The molecule has 1 amide bonds. The molecule has 1 aliphatic rings.